The van der Waals surface area contributed by atoms with Crippen LogP contribution in [0, 0.1) is 0 Å². The zero-order chi connectivity index (χ0) is 14.2. The van der Waals surface area contributed by atoms with Gasteiger partial charge in [-0.15, -0.1) is 0 Å². The molecule has 3 heteroatoms. The minimum absolute atomic E-state index is 0.649. The number of halogens is 1. The maximum absolute atomic E-state index is 6.12. The zero-order valence-electron chi connectivity index (χ0n) is 12.5. The summed E-state index contributed by atoms with van der Waals surface area (Å²) in [6.07, 6.45) is 9.11. The largest absolute Gasteiger partial charge is 0.493 e. The summed E-state index contributed by atoms with van der Waals surface area (Å²) in [4.78, 5) is 0. The third-order valence-corrected chi connectivity index (χ3v) is 4.16. The molecule has 0 spiro atoms. The van der Waals surface area contributed by atoms with E-state index in [1.807, 2.05) is 18.2 Å². The predicted octanol–water partition coefficient (Wildman–Crippen LogP) is 4.94. The molecule has 2 rings (SSSR count). The van der Waals surface area contributed by atoms with Crippen molar-refractivity contribution in [2.75, 3.05) is 6.61 Å². The molecule has 1 N–H and O–H groups in total. The van der Waals surface area contributed by atoms with Gasteiger partial charge in [0, 0.05) is 23.2 Å². The number of hydrogen-bond donors (Lipinski definition) is 1. The molecule has 0 atom stereocenters. The number of benzene rings is 1. The van der Waals surface area contributed by atoms with Gasteiger partial charge in [-0.1, -0.05) is 44.2 Å². The molecule has 1 saturated carbocycles. The van der Waals surface area contributed by atoms with E-state index in [9.17, 15) is 0 Å². The highest BCUT2D eigenvalue weighted by Gasteiger charge is 2.13. The number of hydrogen-bond acceptors (Lipinski definition) is 2. The van der Waals surface area contributed by atoms with Crippen LogP contribution in [0.5, 0.6) is 5.75 Å². The van der Waals surface area contributed by atoms with E-state index in [1.165, 1.54) is 44.1 Å². The van der Waals surface area contributed by atoms with E-state index in [4.69, 9.17) is 16.3 Å². The van der Waals surface area contributed by atoms with E-state index >= 15 is 0 Å². The van der Waals surface area contributed by atoms with Crippen LogP contribution in [-0.2, 0) is 6.54 Å². The van der Waals surface area contributed by atoms with Gasteiger partial charge in [0.05, 0.1) is 6.61 Å². The highest BCUT2D eigenvalue weighted by Crippen LogP contribution is 2.24. The molecule has 0 heterocycles. The summed E-state index contributed by atoms with van der Waals surface area (Å²) in [5, 5.41) is 4.47. The summed E-state index contributed by atoms with van der Waals surface area (Å²) in [5.74, 6) is 0.970. The van der Waals surface area contributed by atoms with Gasteiger partial charge in [0.15, 0.2) is 0 Å². The van der Waals surface area contributed by atoms with Crippen molar-refractivity contribution in [2.24, 2.45) is 0 Å². The van der Waals surface area contributed by atoms with Crippen molar-refractivity contribution in [1.29, 1.82) is 0 Å². The normalized spacial score (nSPS) is 16.9. The second kappa shape index (κ2) is 8.53. The number of rotatable bonds is 6. The van der Waals surface area contributed by atoms with Crippen LogP contribution in [0.2, 0.25) is 5.02 Å². The molecule has 0 amide bonds. The summed E-state index contributed by atoms with van der Waals surface area (Å²) in [7, 11) is 0. The van der Waals surface area contributed by atoms with Crippen molar-refractivity contribution in [3.63, 3.8) is 0 Å². The minimum Gasteiger partial charge on any atom is -0.493 e. The van der Waals surface area contributed by atoms with Crippen molar-refractivity contribution in [1.82, 2.24) is 5.32 Å². The average Bonchev–Trinajstić information content (AvgIpc) is 2.72. The standard InChI is InChI=1S/C17H26ClNO/c1-2-11-20-17-10-9-15(18)12-14(17)13-19-16-7-5-3-4-6-8-16/h9-10,12,16,19H,2-8,11,13H2,1H3. The van der Waals surface area contributed by atoms with Gasteiger partial charge in [0.1, 0.15) is 5.75 Å². The smallest absolute Gasteiger partial charge is 0.123 e. The Morgan fingerprint density at radius 2 is 1.95 bits per heavy atom. The Bertz CT molecular complexity index is 400. The van der Waals surface area contributed by atoms with Crippen LogP contribution in [0.15, 0.2) is 18.2 Å². The third-order valence-electron chi connectivity index (χ3n) is 3.92. The first-order valence-corrected chi connectivity index (χ1v) is 8.32. The highest BCUT2D eigenvalue weighted by atomic mass is 35.5. The summed E-state index contributed by atoms with van der Waals surface area (Å²) in [6, 6.07) is 6.57. The molecule has 0 unspecified atom stereocenters. The fourth-order valence-electron chi connectivity index (χ4n) is 2.78. The maximum atomic E-state index is 6.12. The summed E-state index contributed by atoms with van der Waals surface area (Å²) in [5.41, 5.74) is 1.18. The van der Waals surface area contributed by atoms with Crippen molar-refractivity contribution >= 4 is 11.6 Å². The quantitative estimate of drug-likeness (QED) is 0.751. The summed E-state index contributed by atoms with van der Waals surface area (Å²) in [6.45, 7) is 3.74. The lowest BCUT2D eigenvalue weighted by atomic mass is 10.1. The van der Waals surface area contributed by atoms with Crippen molar-refractivity contribution in [2.45, 2.75) is 64.5 Å². The lowest BCUT2D eigenvalue weighted by molar-refractivity contribution is 0.312. The Balaban J connectivity index is 1.94. The number of nitrogens with one attached hydrogen (secondary N) is 1. The molecule has 1 aromatic carbocycles. The maximum Gasteiger partial charge on any atom is 0.123 e. The zero-order valence-corrected chi connectivity index (χ0v) is 13.2. The Labute approximate surface area is 127 Å². The SMILES string of the molecule is CCCOc1ccc(Cl)cc1CNC1CCCCCC1. The molecule has 1 aromatic rings. The predicted molar refractivity (Wildman–Crippen MR) is 85.6 cm³/mol. The molecule has 0 bridgehead atoms. The van der Waals surface area contributed by atoms with Crippen LogP contribution in [-0.4, -0.2) is 12.6 Å². The van der Waals surface area contributed by atoms with E-state index in [-0.39, 0.29) is 0 Å². The lowest BCUT2D eigenvalue weighted by Gasteiger charge is -2.18. The van der Waals surface area contributed by atoms with Gasteiger partial charge >= 0.3 is 0 Å². The molecule has 0 aromatic heterocycles. The van der Waals surface area contributed by atoms with Crippen LogP contribution in [0.4, 0.5) is 0 Å². The van der Waals surface area contributed by atoms with Gasteiger partial charge in [0.2, 0.25) is 0 Å². The van der Waals surface area contributed by atoms with E-state index in [2.05, 4.69) is 12.2 Å². The van der Waals surface area contributed by atoms with Crippen molar-refractivity contribution in [3.05, 3.63) is 28.8 Å². The second-order valence-corrected chi connectivity index (χ2v) is 6.11. The topological polar surface area (TPSA) is 21.3 Å². The first kappa shape index (κ1) is 15.7. The molecule has 112 valence electrons. The van der Waals surface area contributed by atoms with Crippen LogP contribution in [0.3, 0.4) is 0 Å². The van der Waals surface area contributed by atoms with E-state index < -0.39 is 0 Å². The van der Waals surface area contributed by atoms with Gasteiger partial charge in [-0.2, -0.15) is 0 Å². The fourth-order valence-corrected chi connectivity index (χ4v) is 2.97. The second-order valence-electron chi connectivity index (χ2n) is 5.67. The molecule has 1 fully saturated rings. The molecule has 1 aliphatic carbocycles. The monoisotopic (exact) mass is 295 g/mol. The number of ether oxygens (including phenoxy) is 1. The van der Waals surface area contributed by atoms with E-state index in [1.54, 1.807) is 0 Å². The van der Waals surface area contributed by atoms with Gasteiger partial charge in [-0.05, 0) is 37.5 Å². The molecule has 0 aliphatic heterocycles. The van der Waals surface area contributed by atoms with Crippen LogP contribution in [0.25, 0.3) is 0 Å². The minimum atomic E-state index is 0.649. The molecule has 20 heavy (non-hydrogen) atoms. The van der Waals surface area contributed by atoms with Crippen molar-refractivity contribution in [3.8, 4) is 5.75 Å². The van der Waals surface area contributed by atoms with Gasteiger partial charge in [-0.3, -0.25) is 0 Å². The van der Waals surface area contributed by atoms with Crippen LogP contribution in [0.1, 0.15) is 57.4 Å². The molecule has 0 radical (unpaired) electrons. The first-order chi connectivity index (χ1) is 9.79. The third kappa shape index (κ3) is 4.99. The van der Waals surface area contributed by atoms with Gasteiger partial charge < -0.3 is 10.1 Å². The van der Waals surface area contributed by atoms with Crippen LogP contribution < -0.4 is 10.1 Å². The Morgan fingerprint density at radius 3 is 2.65 bits per heavy atom. The lowest BCUT2D eigenvalue weighted by Crippen LogP contribution is -2.28. The Morgan fingerprint density at radius 1 is 1.20 bits per heavy atom. The summed E-state index contributed by atoms with van der Waals surface area (Å²) < 4.78 is 5.81. The molecule has 0 saturated heterocycles. The Kier molecular flexibility index (Phi) is 6.68. The fraction of sp³-hybridized carbons (Fsp3) is 0.647. The molecule has 1 aliphatic rings. The van der Waals surface area contributed by atoms with E-state index in [0.717, 1.165) is 30.3 Å². The summed E-state index contributed by atoms with van der Waals surface area (Å²) >= 11 is 6.12. The highest BCUT2D eigenvalue weighted by molar-refractivity contribution is 6.30. The average molecular weight is 296 g/mol. The van der Waals surface area contributed by atoms with Crippen molar-refractivity contribution < 1.29 is 4.74 Å². The van der Waals surface area contributed by atoms with Gasteiger partial charge in [-0.25, -0.2) is 0 Å². The van der Waals surface area contributed by atoms with Gasteiger partial charge in [0.25, 0.3) is 0 Å². The first-order valence-electron chi connectivity index (χ1n) is 7.94. The molecular formula is C17H26ClNO. The molecule has 2 nitrogen and oxygen atoms in total. The molecular weight excluding hydrogens is 270 g/mol. The van der Waals surface area contributed by atoms with Crippen LogP contribution >= 0.6 is 11.6 Å². The van der Waals surface area contributed by atoms with E-state index in [0.29, 0.717) is 6.04 Å². The Hall–Kier alpha value is -0.730.